The van der Waals surface area contributed by atoms with Crippen molar-refractivity contribution in [2.24, 2.45) is 5.73 Å². The number of aryl methyl sites for hydroxylation is 1. The molecule has 1 aliphatic rings. The predicted molar refractivity (Wildman–Crippen MR) is 209 cm³/mol. The molecule has 0 radical (unpaired) electrons. The summed E-state index contributed by atoms with van der Waals surface area (Å²) >= 11 is 0. The molecule has 0 spiro atoms. The summed E-state index contributed by atoms with van der Waals surface area (Å²) in [5, 5.41) is 0. The van der Waals surface area contributed by atoms with E-state index in [1.54, 1.807) is 0 Å². The molecule has 3 aromatic carbocycles. The average molecular weight is 632 g/mol. The molecule has 0 aliphatic heterocycles. The van der Waals surface area contributed by atoms with Crippen molar-refractivity contribution in [1.29, 1.82) is 0 Å². The van der Waals surface area contributed by atoms with Crippen molar-refractivity contribution < 1.29 is 4.58 Å². The zero-order chi connectivity index (χ0) is 34.2. The van der Waals surface area contributed by atoms with Crippen LogP contribution in [0.1, 0.15) is 77.6 Å². The van der Waals surface area contributed by atoms with Gasteiger partial charge in [-0.3, -0.25) is 0 Å². The van der Waals surface area contributed by atoms with Gasteiger partial charge in [-0.15, -0.1) is 0 Å². The van der Waals surface area contributed by atoms with Crippen LogP contribution in [0.4, 0.5) is 11.4 Å². The maximum atomic E-state index is 4.85. The molecule has 0 aromatic heterocycles. The van der Waals surface area contributed by atoms with E-state index >= 15 is 0 Å². The standard InChI is InChI=1S/C41H52N3.C2H7N/c1-8-32-15-17-33(18-16-32)40(34-19-25-37(26-20-34)42(9-2)10-3)31-41(35-21-27-38(28-22-35)43(11-4)12-5)36-23-29-39(30-24-36)44(13-6)14-7;1-2-3/h15-31H,8-14H2,1-7H3;2-3H2,1H3/q+1;. The van der Waals surface area contributed by atoms with E-state index in [0.29, 0.717) is 0 Å². The first-order chi connectivity index (χ1) is 22.9. The summed E-state index contributed by atoms with van der Waals surface area (Å²) in [7, 11) is 0. The van der Waals surface area contributed by atoms with E-state index in [1.807, 2.05) is 6.92 Å². The minimum absolute atomic E-state index is 0.750. The molecule has 0 amide bonds. The Bertz CT molecular complexity index is 1500. The van der Waals surface area contributed by atoms with Crippen LogP contribution in [0.25, 0.3) is 11.1 Å². The summed E-state index contributed by atoms with van der Waals surface area (Å²) < 4.78 is 2.40. The zero-order valence-corrected chi connectivity index (χ0v) is 30.4. The Morgan fingerprint density at radius 3 is 1.36 bits per heavy atom. The smallest absolute Gasteiger partial charge is 0.199 e. The molecule has 0 fully saturated rings. The van der Waals surface area contributed by atoms with Crippen LogP contribution >= 0.6 is 0 Å². The molecule has 0 bridgehead atoms. The minimum atomic E-state index is 0.750. The predicted octanol–water partition coefficient (Wildman–Crippen LogP) is 9.41. The van der Waals surface area contributed by atoms with Gasteiger partial charge in [0, 0.05) is 49.7 Å². The van der Waals surface area contributed by atoms with E-state index in [9.17, 15) is 0 Å². The highest BCUT2D eigenvalue weighted by atomic mass is 15.1. The van der Waals surface area contributed by atoms with Crippen LogP contribution in [0.15, 0.2) is 109 Å². The highest BCUT2D eigenvalue weighted by Gasteiger charge is 2.15. The largest absolute Gasteiger partial charge is 0.372 e. The highest BCUT2D eigenvalue weighted by molar-refractivity contribution is 6.04. The van der Waals surface area contributed by atoms with Gasteiger partial charge in [0.2, 0.25) is 0 Å². The van der Waals surface area contributed by atoms with Crippen molar-refractivity contribution in [1.82, 2.24) is 0 Å². The van der Waals surface area contributed by atoms with Gasteiger partial charge in [-0.2, -0.15) is 0 Å². The van der Waals surface area contributed by atoms with E-state index in [2.05, 4.69) is 166 Å². The number of benzene rings is 3. The fourth-order valence-corrected chi connectivity index (χ4v) is 6.05. The monoisotopic (exact) mass is 631 g/mol. The number of hydrogen-bond donors (Lipinski definition) is 1. The van der Waals surface area contributed by atoms with Crippen molar-refractivity contribution in [3.05, 3.63) is 131 Å². The molecule has 3 aromatic rings. The SMILES string of the molecule is CCN.CCc1ccc(C(=CC(=C2C=CC(=[N+](CC)CC)C=C2)c2ccc(N(CC)CC)cc2)c2ccc(N(CC)CC)cc2)cc1. The lowest BCUT2D eigenvalue weighted by Crippen LogP contribution is -2.21. The second-order valence-corrected chi connectivity index (χ2v) is 11.6. The Morgan fingerprint density at radius 1 is 0.574 bits per heavy atom. The van der Waals surface area contributed by atoms with Gasteiger partial charge in [-0.25, -0.2) is 4.58 Å². The highest BCUT2D eigenvalue weighted by Crippen LogP contribution is 2.33. The van der Waals surface area contributed by atoms with Gasteiger partial charge < -0.3 is 15.5 Å². The summed E-state index contributed by atoms with van der Waals surface area (Å²) in [6.07, 6.45) is 12.6. The Labute approximate surface area is 286 Å². The van der Waals surface area contributed by atoms with E-state index < -0.39 is 0 Å². The lowest BCUT2D eigenvalue weighted by atomic mass is 9.89. The first-order valence-corrected chi connectivity index (χ1v) is 17.8. The molecule has 250 valence electrons. The van der Waals surface area contributed by atoms with Gasteiger partial charge in [0.25, 0.3) is 0 Å². The van der Waals surface area contributed by atoms with Crippen LogP contribution < -0.4 is 15.5 Å². The molecule has 0 heterocycles. The molecular formula is C43H59N4+. The zero-order valence-electron chi connectivity index (χ0n) is 30.4. The van der Waals surface area contributed by atoms with Crippen LogP contribution in [-0.4, -0.2) is 56.1 Å². The third-order valence-corrected chi connectivity index (χ3v) is 8.88. The number of anilines is 2. The minimum Gasteiger partial charge on any atom is -0.372 e. The fraction of sp³-hybridized carbons (Fsp3) is 0.372. The van der Waals surface area contributed by atoms with E-state index in [0.717, 1.165) is 52.2 Å². The average Bonchev–Trinajstić information content (AvgIpc) is 3.12. The molecule has 0 saturated heterocycles. The maximum absolute atomic E-state index is 4.85. The van der Waals surface area contributed by atoms with Crippen molar-refractivity contribution in [2.75, 3.05) is 55.6 Å². The van der Waals surface area contributed by atoms with Crippen LogP contribution in [0.5, 0.6) is 0 Å². The maximum Gasteiger partial charge on any atom is 0.199 e. The first-order valence-electron chi connectivity index (χ1n) is 17.8. The van der Waals surface area contributed by atoms with Gasteiger partial charge in [0.1, 0.15) is 13.1 Å². The van der Waals surface area contributed by atoms with E-state index in [-0.39, 0.29) is 0 Å². The Morgan fingerprint density at radius 2 is 0.979 bits per heavy atom. The van der Waals surface area contributed by atoms with Crippen molar-refractivity contribution in [3.8, 4) is 0 Å². The molecule has 47 heavy (non-hydrogen) atoms. The number of allylic oxidation sites excluding steroid dienone is 7. The topological polar surface area (TPSA) is 35.5 Å². The van der Waals surface area contributed by atoms with E-state index in [4.69, 9.17) is 5.73 Å². The lowest BCUT2D eigenvalue weighted by molar-refractivity contribution is -0.519. The molecule has 0 atom stereocenters. The molecule has 0 saturated carbocycles. The normalized spacial score (nSPS) is 12.5. The van der Waals surface area contributed by atoms with Gasteiger partial charge in [0.05, 0.1) is 0 Å². The molecular weight excluding hydrogens is 573 g/mol. The molecule has 4 rings (SSSR count). The van der Waals surface area contributed by atoms with E-state index in [1.165, 1.54) is 56.1 Å². The summed E-state index contributed by atoms with van der Waals surface area (Å²) in [6.45, 7) is 24.2. The quantitative estimate of drug-likeness (QED) is 0.191. The van der Waals surface area contributed by atoms with Crippen LogP contribution in [0.3, 0.4) is 0 Å². The number of hydrogen-bond acceptors (Lipinski definition) is 3. The summed E-state index contributed by atoms with van der Waals surface area (Å²) in [4.78, 5) is 4.80. The number of nitrogens with two attached hydrogens (primary N) is 1. The van der Waals surface area contributed by atoms with Gasteiger partial charge in [0.15, 0.2) is 5.71 Å². The second kappa shape index (κ2) is 19.5. The second-order valence-electron chi connectivity index (χ2n) is 11.6. The van der Waals surface area contributed by atoms with Crippen molar-refractivity contribution >= 4 is 28.2 Å². The molecule has 2 N–H and O–H groups in total. The Hall–Kier alpha value is -4.15. The molecule has 4 nitrogen and oxygen atoms in total. The van der Waals surface area contributed by atoms with Crippen molar-refractivity contribution in [2.45, 2.75) is 61.8 Å². The summed E-state index contributed by atoms with van der Waals surface area (Å²) in [5.74, 6) is 0. The van der Waals surface area contributed by atoms with Crippen molar-refractivity contribution in [3.63, 3.8) is 0 Å². The van der Waals surface area contributed by atoms with Gasteiger partial charge in [-0.1, -0.05) is 62.4 Å². The molecule has 4 heteroatoms. The van der Waals surface area contributed by atoms with Crippen LogP contribution in [0, 0.1) is 0 Å². The number of nitrogens with zero attached hydrogens (tertiary/aromatic N) is 3. The molecule has 0 unspecified atom stereocenters. The number of rotatable bonds is 13. The first kappa shape index (κ1) is 37.3. The third kappa shape index (κ3) is 9.92. The van der Waals surface area contributed by atoms with Crippen LogP contribution in [-0.2, 0) is 6.42 Å². The fourth-order valence-electron chi connectivity index (χ4n) is 6.05. The molecule has 1 aliphatic carbocycles. The van der Waals surface area contributed by atoms with Gasteiger partial charge >= 0.3 is 0 Å². The summed E-state index contributed by atoms with van der Waals surface area (Å²) in [5.41, 5.74) is 17.4. The third-order valence-electron chi connectivity index (χ3n) is 8.88. The van der Waals surface area contributed by atoms with Gasteiger partial charge in [-0.05, 0) is 136 Å². The lowest BCUT2D eigenvalue weighted by Gasteiger charge is -2.22. The Kier molecular flexibility index (Phi) is 15.5. The van der Waals surface area contributed by atoms with Crippen LogP contribution in [0.2, 0.25) is 0 Å². The summed E-state index contributed by atoms with van der Waals surface area (Å²) in [6, 6.07) is 27.4. The Balaban J connectivity index is 0.00000192.